The van der Waals surface area contributed by atoms with E-state index in [2.05, 4.69) is 15.6 Å². The number of benzene rings is 2. The predicted molar refractivity (Wildman–Crippen MR) is 149 cm³/mol. The highest BCUT2D eigenvalue weighted by molar-refractivity contribution is 7.80. The van der Waals surface area contributed by atoms with Crippen LogP contribution in [0.3, 0.4) is 0 Å². The number of hydrogen-bond donors (Lipinski definition) is 3. The molecule has 192 valence electrons. The second-order valence-corrected chi connectivity index (χ2v) is 9.37. The SMILES string of the molecule is CCC(=O)Nc1ccc(N2C(=S)N[C@@H](c3ccccn3)[C@H]2c2ccc(-c3ccc(C(=O)O)cc3)o2)cc1C. The van der Waals surface area contributed by atoms with Crippen molar-refractivity contribution in [2.45, 2.75) is 32.4 Å². The summed E-state index contributed by atoms with van der Waals surface area (Å²) in [5.74, 6) is 0.257. The molecule has 0 radical (unpaired) electrons. The Kier molecular flexibility index (Phi) is 6.93. The molecule has 9 heteroatoms. The highest BCUT2D eigenvalue weighted by Gasteiger charge is 2.42. The summed E-state index contributed by atoms with van der Waals surface area (Å²) in [5.41, 5.74) is 4.30. The van der Waals surface area contributed by atoms with Crippen LogP contribution in [-0.4, -0.2) is 27.1 Å². The van der Waals surface area contributed by atoms with Crippen molar-refractivity contribution in [3.05, 3.63) is 102 Å². The largest absolute Gasteiger partial charge is 0.478 e. The number of carbonyl (C=O) groups excluding carboxylic acids is 1. The van der Waals surface area contributed by atoms with Crippen molar-refractivity contribution in [3.8, 4) is 11.3 Å². The van der Waals surface area contributed by atoms with E-state index >= 15 is 0 Å². The molecule has 0 unspecified atom stereocenters. The molecule has 1 amide bonds. The minimum atomic E-state index is -0.980. The van der Waals surface area contributed by atoms with Crippen molar-refractivity contribution in [2.75, 3.05) is 10.2 Å². The van der Waals surface area contributed by atoms with Gasteiger partial charge in [-0.05, 0) is 79.3 Å². The molecule has 3 heterocycles. The zero-order valence-electron chi connectivity index (χ0n) is 20.8. The molecule has 2 atom stereocenters. The molecule has 0 saturated carbocycles. The number of carboxylic acids is 1. The molecular weight excluding hydrogens is 500 g/mol. The van der Waals surface area contributed by atoms with Crippen LogP contribution in [-0.2, 0) is 4.79 Å². The second kappa shape index (κ2) is 10.5. The quantitative estimate of drug-likeness (QED) is 0.257. The molecule has 0 bridgehead atoms. The Morgan fingerprint density at radius 1 is 1.11 bits per heavy atom. The number of nitrogens with zero attached hydrogens (tertiary/aromatic N) is 2. The van der Waals surface area contributed by atoms with Crippen molar-refractivity contribution < 1.29 is 19.1 Å². The van der Waals surface area contributed by atoms with E-state index in [1.54, 1.807) is 30.5 Å². The number of aromatic nitrogens is 1. The van der Waals surface area contributed by atoms with Crippen molar-refractivity contribution in [1.29, 1.82) is 0 Å². The first kappa shape index (κ1) is 25.2. The fraction of sp³-hybridized carbons (Fsp3) is 0.172. The average molecular weight is 527 g/mol. The number of aromatic carboxylic acids is 1. The van der Waals surface area contributed by atoms with E-state index in [4.69, 9.17) is 16.6 Å². The third-order valence-electron chi connectivity index (χ3n) is 6.52. The van der Waals surface area contributed by atoms with Gasteiger partial charge >= 0.3 is 5.97 Å². The van der Waals surface area contributed by atoms with Crippen LogP contribution in [0.25, 0.3) is 11.3 Å². The lowest BCUT2D eigenvalue weighted by atomic mass is 10.0. The van der Waals surface area contributed by atoms with Gasteiger partial charge in [-0.1, -0.05) is 25.1 Å². The van der Waals surface area contributed by atoms with Crippen LogP contribution in [0.4, 0.5) is 11.4 Å². The van der Waals surface area contributed by atoms with Gasteiger partial charge in [-0.3, -0.25) is 9.78 Å². The van der Waals surface area contributed by atoms with Gasteiger partial charge < -0.3 is 25.1 Å². The molecular formula is C29H26N4O4S. The maximum absolute atomic E-state index is 11.9. The molecule has 5 rings (SSSR count). The number of thiocarbonyl (C=S) groups is 1. The number of furan rings is 1. The number of pyridine rings is 1. The van der Waals surface area contributed by atoms with Crippen molar-refractivity contribution in [3.63, 3.8) is 0 Å². The van der Waals surface area contributed by atoms with Crippen molar-refractivity contribution >= 4 is 40.6 Å². The number of hydrogen-bond acceptors (Lipinski definition) is 5. The molecule has 1 aliphatic heterocycles. The van der Waals surface area contributed by atoms with E-state index in [-0.39, 0.29) is 23.6 Å². The fourth-order valence-electron chi connectivity index (χ4n) is 4.54. The summed E-state index contributed by atoms with van der Waals surface area (Å²) in [6, 6.07) is 21.2. The summed E-state index contributed by atoms with van der Waals surface area (Å²) in [6.45, 7) is 3.76. The standard InChI is InChI=1S/C29H26N4O4S/c1-3-25(34)31-21-12-11-20(16-17(21)2)33-27(26(32-29(33)38)22-6-4-5-15-30-22)24-14-13-23(37-24)18-7-9-19(10-8-18)28(35)36/h4-16,26-27H,3H2,1-2H3,(H,31,34)(H,32,38)(H,35,36)/t26-,27+/m0/s1. The van der Waals surface area contributed by atoms with Gasteiger partial charge in [0.2, 0.25) is 5.91 Å². The predicted octanol–water partition coefficient (Wildman–Crippen LogP) is 5.87. The van der Waals surface area contributed by atoms with Crippen LogP contribution < -0.4 is 15.5 Å². The second-order valence-electron chi connectivity index (χ2n) is 8.98. The minimum Gasteiger partial charge on any atom is -0.478 e. The van der Waals surface area contributed by atoms with Crippen LogP contribution in [0.15, 0.2) is 83.4 Å². The molecule has 2 aromatic heterocycles. The molecule has 1 fully saturated rings. The molecule has 4 aromatic rings. The van der Waals surface area contributed by atoms with E-state index < -0.39 is 5.97 Å². The number of nitrogens with one attached hydrogen (secondary N) is 2. The topological polar surface area (TPSA) is 108 Å². The van der Waals surface area contributed by atoms with Crippen molar-refractivity contribution in [2.24, 2.45) is 0 Å². The Morgan fingerprint density at radius 3 is 2.55 bits per heavy atom. The summed E-state index contributed by atoms with van der Waals surface area (Å²) in [6.07, 6.45) is 2.14. The third kappa shape index (κ3) is 4.88. The van der Waals surface area contributed by atoms with Gasteiger partial charge in [0, 0.05) is 29.6 Å². The lowest BCUT2D eigenvalue weighted by Crippen LogP contribution is -2.29. The summed E-state index contributed by atoms with van der Waals surface area (Å²) < 4.78 is 6.35. The van der Waals surface area contributed by atoms with Gasteiger partial charge in [-0.25, -0.2) is 4.79 Å². The molecule has 0 aliphatic carbocycles. The number of carbonyl (C=O) groups is 2. The molecule has 2 aromatic carbocycles. The van der Waals surface area contributed by atoms with Gasteiger partial charge in [0.05, 0.1) is 17.3 Å². The van der Waals surface area contributed by atoms with E-state index in [1.807, 2.05) is 67.3 Å². The molecule has 8 nitrogen and oxygen atoms in total. The average Bonchev–Trinajstić information content (AvgIpc) is 3.55. The first-order chi connectivity index (χ1) is 18.4. The van der Waals surface area contributed by atoms with Gasteiger partial charge in [-0.2, -0.15) is 0 Å². The lowest BCUT2D eigenvalue weighted by molar-refractivity contribution is -0.115. The number of rotatable bonds is 7. The first-order valence-corrected chi connectivity index (χ1v) is 12.6. The Balaban J connectivity index is 1.54. The third-order valence-corrected chi connectivity index (χ3v) is 6.83. The van der Waals surface area contributed by atoms with Gasteiger partial charge in [-0.15, -0.1) is 0 Å². The Bertz CT molecular complexity index is 1500. The maximum atomic E-state index is 11.9. The van der Waals surface area contributed by atoms with Gasteiger partial charge in [0.1, 0.15) is 17.6 Å². The number of amides is 1. The molecule has 0 spiro atoms. The minimum absolute atomic E-state index is 0.0493. The van der Waals surface area contributed by atoms with E-state index in [0.29, 0.717) is 23.1 Å². The van der Waals surface area contributed by atoms with E-state index in [1.165, 1.54) is 0 Å². The number of carboxylic acid groups (broad SMARTS) is 1. The molecule has 3 N–H and O–H groups in total. The Hall–Kier alpha value is -4.50. The highest BCUT2D eigenvalue weighted by Crippen LogP contribution is 2.43. The summed E-state index contributed by atoms with van der Waals surface area (Å²) >= 11 is 5.80. The lowest BCUT2D eigenvalue weighted by Gasteiger charge is -2.26. The van der Waals surface area contributed by atoms with Gasteiger partial charge in [0.25, 0.3) is 0 Å². The van der Waals surface area contributed by atoms with Crippen molar-refractivity contribution in [1.82, 2.24) is 10.3 Å². The van der Waals surface area contributed by atoms with Crippen LogP contribution in [0.5, 0.6) is 0 Å². The molecule has 1 aliphatic rings. The van der Waals surface area contributed by atoms with Crippen LogP contribution in [0, 0.1) is 6.92 Å². The monoisotopic (exact) mass is 526 g/mol. The fourth-order valence-corrected chi connectivity index (χ4v) is 4.89. The van der Waals surface area contributed by atoms with E-state index in [0.717, 1.165) is 28.2 Å². The maximum Gasteiger partial charge on any atom is 0.335 e. The van der Waals surface area contributed by atoms with Crippen LogP contribution in [0.2, 0.25) is 0 Å². The highest BCUT2D eigenvalue weighted by atomic mass is 32.1. The number of anilines is 2. The Morgan fingerprint density at radius 2 is 1.89 bits per heavy atom. The van der Waals surface area contributed by atoms with Crippen LogP contribution >= 0.6 is 12.2 Å². The summed E-state index contributed by atoms with van der Waals surface area (Å²) in [7, 11) is 0. The van der Waals surface area contributed by atoms with Gasteiger partial charge in [0.15, 0.2) is 5.11 Å². The molecule has 38 heavy (non-hydrogen) atoms. The summed E-state index contributed by atoms with van der Waals surface area (Å²) in [5, 5.41) is 16.1. The zero-order chi connectivity index (χ0) is 26.8. The Labute approximate surface area is 225 Å². The zero-order valence-corrected chi connectivity index (χ0v) is 21.7. The number of aryl methyl sites for hydroxylation is 1. The normalized spacial score (nSPS) is 16.8. The summed E-state index contributed by atoms with van der Waals surface area (Å²) in [4.78, 5) is 29.7. The smallest absolute Gasteiger partial charge is 0.335 e. The van der Waals surface area contributed by atoms with E-state index in [9.17, 15) is 14.7 Å². The van der Waals surface area contributed by atoms with Crippen LogP contribution in [0.1, 0.15) is 52.8 Å². The molecule has 1 saturated heterocycles. The first-order valence-electron chi connectivity index (χ1n) is 12.2.